The molecule has 13 aromatic rings. The summed E-state index contributed by atoms with van der Waals surface area (Å²) in [7, 11) is 0. The molecule has 13 heterocycles. The summed E-state index contributed by atoms with van der Waals surface area (Å²) in [6.45, 7) is 21.1. The van der Waals surface area contributed by atoms with Gasteiger partial charge >= 0.3 is 0 Å². The van der Waals surface area contributed by atoms with Crippen molar-refractivity contribution in [2.45, 2.75) is 422 Å². The molecule has 13 heteroatoms. The van der Waals surface area contributed by atoms with Gasteiger partial charge < -0.3 is 0 Å². The maximum absolute atomic E-state index is 2.69. The molecule has 13 aromatic heterocycles. The number of rotatable bonds is 68. The Morgan fingerprint density at radius 3 is 0.585 bits per heavy atom. The van der Waals surface area contributed by atoms with Gasteiger partial charge in [0.25, 0.3) is 0 Å². The second-order valence-electron chi connectivity index (χ2n) is 37.7. The summed E-state index contributed by atoms with van der Waals surface area (Å²) >= 11 is 26.9. The molecule has 0 spiro atoms. The number of hydrogen-bond donors (Lipinski definition) is 0. The van der Waals surface area contributed by atoms with E-state index in [0.29, 0.717) is 0 Å². The fourth-order valence-electron chi connectivity index (χ4n) is 19.1. The first-order valence-corrected chi connectivity index (χ1v) is 63.2. The van der Waals surface area contributed by atoms with Crippen molar-refractivity contribution < 1.29 is 0 Å². The van der Waals surface area contributed by atoms with Gasteiger partial charge in [0, 0.05) is 122 Å². The lowest BCUT2D eigenvalue weighted by Gasteiger charge is -2.03. The van der Waals surface area contributed by atoms with Gasteiger partial charge in [-0.25, -0.2) is 0 Å². The average molecular weight is 1980 g/mol. The first-order chi connectivity index (χ1) is 64.1. The highest BCUT2D eigenvalue weighted by molar-refractivity contribution is 7.33. The molecule has 0 fully saturated rings. The lowest BCUT2D eigenvalue weighted by molar-refractivity contribution is 0.608. The third-order valence-corrected chi connectivity index (χ3v) is 43.5. The van der Waals surface area contributed by atoms with Gasteiger partial charge in [0.2, 0.25) is 0 Å². The van der Waals surface area contributed by atoms with Gasteiger partial charge in [0.05, 0.1) is 0 Å². The van der Waals surface area contributed by atoms with Gasteiger partial charge in [0.1, 0.15) is 0 Å². The highest BCUT2D eigenvalue weighted by Crippen LogP contribution is 2.55. The van der Waals surface area contributed by atoms with Crippen LogP contribution in [0.15, 0.2) is 115 Å². The minimum Gasteiger partial charge on any atom is -0.143 e. The number of unbranched alkanes of at least 4 members (excludes halogenated alkanes) is 40. The van der Waals surface area contributed by atoms with Crippen molar-refractivity contribution in [1.82, 2.24) is 0 Å². The number of hydrogen-bond acceptors (Lipinski definition) is 13. The molecule has 0 aliphatic rings. The molecule has 0 N–H and O–H groups in total. The Balaban J connectivity index is 0.791. The average Bonchev–Trinajstić information content (AvgIpc) is 1.64. The predicted octanol–water partition coefficient (Wildman–Crippen LogP) is 46.0. The fraction of sp³-hybridized carbons (Fsp3) is 0.556. The van der Waals surface area contributed by atoms with E-state index < -0.39 is 0 Å². The maximum Gasteiger partial charge on any atom is 0.0481 e. The Labute approximate surface area is 841 Å². The third-order valence-electron chi connectivity index (χ3n) is 26.7. The molecule has 0 atom stereocenters. The van der Waals surface area contributed by atoms with Crippen molar-refractivity contribution in [3.05, 3.63) is 164 Å². The van der Waals surface area contributed by atoms with Gasteiger partial charge in [-0.3, -0.25) is 0 Å². The zero-order valence-electron chi connectivity index (χ0n) is 81.4. The third kappa shape index (κ3) is 30.8. The van der Waals surface area contributed by atoms with E-state index in [4.69, 9.17) is 0 Å². The predicted molar refractivity (Wildman–Crippen MR) is 605 cm³/mol. The van der Waals surface area contributed by atoms with Crippen molar-refractivity contribution in [2.75, 3.05) is 0 Å². The molecule has 0 saturated carbocycles. The minimum absolute atomic E-state index is 1.15. The van der Waals surface area contributed by atoms with Gasteiger partial charge in [-0.05, 0) is 269 Å². The molecule has 0 unspecified atom stereocenters. The Hall–Kier alpha value is -3.90. The molecule has 13 rings (SSSR count). The smallest absolute Gasteiger partial charge is 0.0481 e. The Kier molecular flexibility index (Phi) is 45.7. The molecule has 0 bridgehead atoms. The number of thiophene rings is 13. The van der Waals surface area contributed by atoms with Gasteiger partial charge in [-0.2, -0.15) is 0 Å². The van der Waals surface area contributed by atoms with Gasteiger partial charge in [-0.15, -0.1) is 147 Å². The SMILES string of the molecule is CCCCCCCCc1ccsc1-c1cc(CCCCCCCC)c(-c2ccc(-c3ccc(-c4sc(-c5sc(-c6ccc(-c7cc(CCCCCCCC)c(-c8cc(CCCCCCCC)c(-c9ccc(-c%10ccc(-c%11sc(-c%12sc(C)cc%12CCCCCCCC)cc%11CCCCCCCC)s%10)s9)s8)s7)s6)cc5CCCCCCCC)cc4CCCCCCCC)s3)s2)s1. The standard InChI is InChI=1S/C117H158S13/c1-10-18-26-34-42-50-58-86-76-77-118-110(86)106-81-90(62-54-46-38-30-22-14-5)111(127-106)100-72-68-94(121-100)95-70-74-102(123-95)113-92(64-56-48-40-32-24-16-7)83-108(129-113)116-88(60-52-44-36-28-20-12-3)79-104(125-116)98-66-67-99(120-98)105-80-89(61-53-45-37-29-21-13-4)117(126-105)109-84-93(65-57-49-41-33-25-17-8)114(130-109)103-75-71-97(124-103)96-69-73-101(122-96)112-91(63-55-47-39-31-23-15-6)82-107(128-112)115-87(78-85(9)119-115)59-51-43-35-27-19-11-2/h66-84H,10-65H2,1-9H3. The van der Waals surface area contributed by atoms with Gasteiger partial charge in [0.15, 0.2) is 0 Å². The van der Waals surface area contributed by atoms with Crippen molar-refractivity contribution in [3.63, 3.8) is 0 Å². The lowest BCUT2D eigenvalue weighted by Crippen LogP contribution is -1.87. The highest BCUT2D eigenvalue weighted by atomic mass is 32.2. The molecule has 0 aliphatic heterocycles. The van der Waals surface area contributed by atoms with Gasteiger partial charge in [-0.1, -0.05) is 312 Å². The summed E-state index contributed by atoms with van der Waals surface area (Å²) in [5.74, 6) is 0. The first kappa shape index (κ1) is 103. The summed E-state index contributed by atoms with van der Waals surface area (Å²) in [5.41, 5.74) is 12.6. The van der Waals surface area contributed by atoms with Crippen molar-refractivity contribution >= 4 is 147 Å². The Bertz CT molecular complexity index is 5290. The van der Waals surface area contributed by atoms with E-state index in [1.165, 1.54) is 451 Å². The van der Waals surface area contributed by atoms with Crippen LogP contribution in [0, 0.1) is 6.92 Å². The molecule has 130 heavy (non-hydrogen) atoms. The second kappa shape index (κ2) is 57.5. The largest absolute Gasteiger partial charge is 0.143 e. The molecule has 0 radical (unpaired) electrons. The van der Waals surface area contributed by atoms with E-state index in [1.807, 2.05) is 45.3 Å². The molecule has 0 nitrogen and oxygen atoms in total. The van der Waals surface area contributed by atoms with Crippen LogP contribution in [0.1, 0.15) is 413 Å². The summed E-state index contributed by atoms with van der Waals surface area (Å²) in [6, 6.07) is 45.8. The van der Waals surface area contributed by atoms with Crippen LogP contribution in [0.3, 0.4) is 0 Å². The number of aryl methyl sites for hydroxylation is 9. The quantitative estimate of drug-likeness (QED) is 0.0333. The molecular weight excluding hydrogens is 1820 g/mol. The Morgan fingerprint density at radius 1 is 0.146 bits per heavy atom. The van der Waals surface area contributed by atoms with E-state index in [0.717, 1.165) is 25.7 Å². The van der Waals surface area contributed by atoms with E-state index in [2.05, 4.69) is 279 Å². The zero-order valence-corrected chi connectivity index (χ0v) is 92.0. The van der Waals surface area contributed by atoms with Crippen LogP contribution in [0.4, 0.5) is 0 Å². The van der Waals surface area contributed by atoms with E-state index >= 15 is 0 Å². The Morgan fingerprint density at radius 2 is 0.323 bits per heavy atom. The topological polar surface area (TPSA) is 0 Å². The van der Waals surface area contributed by atoms with Crippen molar-refractivity contribution in [3.8, 4) is 117 Å². The van der Waals surface area contributed by atoms with Crippen LogP contribution >= 0.6 is 147 Å². The molecule has 0 saturated heterocycles. The molecule has 0 aliphatic carbocycles. The first-order valence-electron chi connectivity index (χ1n) is 52.5. The van der Waals surface area contributed by atoms with Crippen LogP contribution in [-0.4, -0.2) is 0 Å². The monoisotopic (exact) mass is 1980 g/mol. The molecule has 0 aromatic carbocycles. The molecule has 0 amide bonds. The fourth-order valence-corrected chi connectivity index (χ4v) is 34.9. The zero-order chi connectivity index (χ0) is 90.3. The van der Waals surface area contributed by atoms with Crippen LogP contribution in [0.5, 0.6) is 0 Å². The van der Waals surface area contributed by atoms with Crippen molar-refractivity contribution in [2.24, 2.45) is 0 Å². The van der Waals surface area contributed by atoms with E-state index in [1.54, 1.807) is 49.4 Å². The molecular formula is C117H158S13. The summed E-state index contributed by atoms with van der Waals surface area (Å²) in [4.78, 5) is 36.9. The van der Waals surface area contributed by atoms with Crippen molar-refractivity contribution in [1.29, 1.82) is 0 Å². The second-order valence-corrected chi connectivity index (χ2v) is 51.6. The summed E-state index contributed by atoms with van der Waals surface area (Å²) < 4.78 is 0. The minimum atomic E-state index is 1.15. The van der Waals surface area contributed by atoms with E-state index in [9.17, 15) is 0 Å². The highest BCUT2D eigenvalue weighted by Gasteiger charge is 2.27. The lowest BCUT2D eigenvalue weighted by atomic mass is 10.0. The maximum atomic E-state index is 2.69. The summed E-state index contributed by atoms with van der Waals surface area (Å²) in [5, 5.41) is 2.37. The summed E-state index contributed by atoms with van der Waals surface area (Å²) in [6.07, 6.45) is 73.1. The normalized spacial score (nSPS) is 11.9. The van der Waals surface area contributed by atoms with Crippen LogP contribution in [0.25, 0.3) is 117 Å². The van der Waals surface area contributed by atoms with Crippen LogP contribution in [-0.2, 0) is 51.4 Å². The van der Waals surface area contributed by atoms with Crippen LogP contribution in [0.2, 0.25) is 0 Å². The van der Waals surface area contributed by atoms with Crippen LogP contribution < -0.4 is 0 Å². The molecule has 704 valence electrons. The van der Waals surface area contributed by atoms with E-state index in [-0.39, 0.29) is 0 Å².